The number of aryl methyl sites for hydroxylation is 1. The zero-order valence-corrected chi connectivity index (χ0v) is 15.8. The summed E-state index contributed by atoms with van der Waals surface area (Å²) in [5, 5.41) is 0.661. The number of carbonyl (C=O) groups excluding carboxylic acids is 2. The van der Waals surface area contributed by atoms with Crippen LogP contribution < -0.4 is 5.63 Å². The van der Waals surface area contributed by atoms with Crippen LogP contribution in [0, 0.1) is 6.92 Å². The Hall–Kier alpha value is -3.41. The maximum atomic E-state index is 13.1. The molecule has 1 aromatic heterocycles. The second-order valence-corrected chi connectivity index (χ2v) is 6.52. The summed E-state index contributed by atoms with van der Waals surface area (Å²) in [5.41, 5.74) is 1.66. The molecule has 0 atom stereocenters. The third-order valence-electron chi connectivity index (χ3n) is 4.47. The number of esters is 1. The van der Waals surface area contributed by atoms with E-state index < -0.39 is 17.5 Å². The number of nitrogens with zero attached hydrogens (tertiary/aromatic N) is 1. The molecule has 0 N–H and O–H groups in total. The van der Waals surface area contributed by atoms with Crippen LogP contribution in [0.5, 0.6) is 0 Å². The standard InChI is InChI=1S/C22H21NO5/c1-15-7-9-16(10-8-15)14-23(12-11-20(24)27-2)21(25)18-13-17-5-3-4-6-19(17)28-22(18)26/h3-10,13H,11-12,14H2,1-2H3. The van der Waals surface area contributed by atoms with Crippen LogP contribution >= 0.6 is 0 Å². The number of hydrogen-bond acceptors (Lipinski definition) is 5. The van der Waals surface area contributed by atoms with Crippen LogP contribution in [0.1, 0.15) is 27.9 Å². The molecule has 0 fully saturated rings. The molecule has 1 amide bonds. The highest BCUT2D eigenvalue weighted by Gasteiger charge is 2.22. The quantitative estimate of drug-likeness (QED) is 0.485. The fraction of sp³-hybridized carbons (Fsp3) is 0.227. The third-order valence-corrected chi connectivity index (χ3v) is 4.47. The van der Waals surface area contributed by atoms with Crippen molar-refractivity contribution < 1.29 is 18.7 Å². The minimum absolute atomic E-state index is 0.0347. The molecule has 0 spiro atoms. The van der Waals surface area contributed by atoms with Crippen molar-refractivity contribution in [1.82, 2.24) is 4.90 Å². The Bertz CT molecular complexity index is 1050. The fourth-order valence-electron chi connectivity index (χ4n) is 2.88. The van der Waals surface area contributed by atoms with Gasteiger partial charge in [0.05, 0.1) is 13.5 Å². The molecule has 0 saturated carbocycles. The van der Waals surface area contributed by atoms with Crippen LogP contribution in [0.25, 0.3) is 11.0 Å². The Morgan fingerprint density at radius 3 is 2.50 bits per heavy atom. The van der Waals surface area contributed by atoms with Gasteiger partial charge >= 0.3 is 11.6 Å². The molecular weight excluding hydrogens is 358 g/mol. The summed E-state index contributed by atoms with van der Waals surface area (Å²) >= 11 is 0. The molecule has 0 bridgehead atoms. The molecule has 0 unspecified atom stereocenters. The largest absolute Gasteiger partial charge is 0.469 e. The number of fused-ring (bicyclic) bond motifs is 1. The second-order valence-electron chi connectivity index (χ2n) is 6.52. The van der Waals surface area contributed by atoms with Gasteiger partial charge in [-0.2, -0.15) is 0 Å². The van der Waals surface area contributed by atoms with E-state index in [4.69, 9.17) is 4.42 Å². The molecule has 3 aromatic rings. The lowest BCUT2D eigenvalue weighted by atomic mass is 10.1. The van der Waals surface area contributed by atoms with Gasteiger partial charge in [-0.3, -0.25) is 9.59 Å². The van der Waals surface area contributed by atoms with Crippen molar-refractivity contribution in [2.75, 3.05) is 13.7 Å². The van der Waals surface area contributed by atoms with Gasteiger partial charge in [-0.15, -0.1) is 0 Å². The van der Waals surface area contributed by atoms with E-state index in [0.717, 1.165) is 11.1 Å². The van der Waals surface area contributed by atoms with Crippen molar-refractivity contribution in [2.24, 2.45) is 0 Å². The minimum Gasteiger partial charge on any atom is -0.469 e. The van der Waals surface area contributed by atoms with E-state index >= 15 is 0 Å². The van der Waals surface area contributed by atoms with Gasteiger partial charge in [0.15, 0.2) is 0 Å². The number of carbonyl (C=O) groups is 2. The first-order valence-electron chi connectivity index (χ1n) is 8.92. The first-order chi connectivity index (χ1) is 13.5. The predicted molar refractivity (Wildman–Crippen MR) is 105 cm³/mol. The smallest absolute Gasteiger partial charge is 0.349 e. The van der Waals surface area contributed by atoms with Crippen molar-refractivity contribution in [2.45, 2.75) is 19.9 Å². The molecule has 2 aromatic carbocycles. The maximum Gasteiger partial charge on any atom is 0.349 e. The molecular formula is C22H21NO5. The normalized spacial score (nSPS) is 10.6. The monoisotopic (exact) mass is 379 g/mol. The average molecular weight is 379 g/mol. The van der Waals surface area contributed by atoms with E-state index in [9.17, 15) is 14.4 Å². The van der Waals surface area contributed by atoms with E-state index in [0.29, 0.717) is 11.0 Å². The minimum atomic E-state index is -0.698. The summed E-state index contributed by atoms with van der Waals surface area (Å²) in [4.78, 5) is 38.5. The number of methoxy groups -OCH3 is 1. The van der Waals surface area contributed by atoms with Gasteiger partial charge in [0, 0.05) is 18.5 Å². The van der Waals surface area contributed by atoms with Gasteiger partial charge in [0.2, 0.25) is 0 Å². The van der Waals surface area contributed by atoms with Gasteiger partial charge in [-0.1, -0.05) is 48.0 Å². The van der Waals surface area contributed by atoms with E-state index in [1.54, 1.807) is 24.3 Å². The Kier molecular flexibility index (Phi) is 5.89. The van der Waals surface area contributed by atoms with E-state index in [2.05, 4.69) is 4.74 Å². The zero-order valence-electron chi connectivity index (χ0n) is 15.8. The number of ether oxygens (including phenoxy) is 1. The van der Waals surface area contributed by atoms with Gasteiger partial charge in [0.1, 0.15) is 11.1 Å². The maximum absolute atomic E-state index is 13.1. The SMILES string of the molecule is COC(=O)CCN(Cc1ccc(C)cc1)C(=O)c1cc2ccccc2oc1=O. The molecule has 0 aliphatic carbocycles. The molecule has 0 aliphatic rings. The fourth-order valence-corrected chi connectivity index (χ4v) is 2.88. The van der Waals surface area contributed by atoms with Gasteiger partial charge < -0.3 is 14.1 Å². The molecule has 0 radical (unpaired) electrons. The van der Waals surface area contributed by atoms with Crippen LogP contribution in [-0.2, 0) is 16.1 Å². The van der Waals surface area contributed by atoms with Gasteiger partial charge in [-0.25, -0.2) is 4.79 Å². The topological polar surface area (TPSA) is 76.8 Å². The van der Waals surface area contributed by atoms with Crippen LogP contribution in [0.15, 0.2) is 63.8 Å². The number of rotatable bonds is 6. The Morgan fingerprint density at radius 2 is 1.79 bits per heavy atom. The highest BCUT2D eigenvalue weighted by molar-refractivity contribution is 5.96. The van der Waals surface area contributed by atoms with E-state index in [1.807, 2.05) is 31.2 Å². The van der Waals surface area contributed by atoms with Crippen LogP contribution in [-0.4, -0.2) is 30.4 Å². The van der Waals surface area contributed by atoms with Crippen molar-refractivity contribution in [1.29, 1.82) is 0 Å². The van der Waals surface area contributed by atoms with Crippen LogP contribution in [0.4, 0.5) is 0 Å². The molecule has 144 valence electrons. The summed E-state index contributed by atoms with van der Waals surface area (Å²) in [6.45, 7) is 2.37. The van der Waals surface area contributed by atoms with E-state index in [1.165, 1.54) is 18.1 Å². The average Bonchev–Trinajstić information content (AvgIpc) is 2.71. The highest BCUT2D eigenvalue weighted by Crippen LogP contribution is 2.16. The summed E-state index contributed by atoms with van der Waals surface area (Å²) in [7, 11) is 1.30. The first kappa shape index (κ1) is 19.4. The van der Waals surface area contributed by atoms with Crippen molar-refractivity contribution >= 4 is 22.8 Å². The van der Waals surface area contributed by atoms with Gasteiger partial charge in [0.25, 0.3) is 5.91 Å². The Balaban J connectivity index is 1.92. The number of benzene rings is 2. The second kappa shape index (κ2) is 8.52. The van der Waals surface area contributed by atoms with Crippen molar-refractivity contribution in [3.8, 4) is 0 Å². The lowest BCUT2D eigenvalue weighted by Crippen LogP contribution is -2.35. The summed E-state index contributed by atoms with van der Waals surface area (Å²) in [6, 6.07) is 16.3. The zero-order chi connectivity index (χ0) is 20.1. The van der Waals surface area contributed by atoms with Crippen molar-refractivity contribution in [3.05, 3.63) is 81.7 Å². The molecule has 1 heterocycles. The molecule has 0 saturated heterocycles. The molecule has 0 aliphatic heterocycles. The molecule has 28 heavy (non-hydrogen) atoms. The summed E-state index contributed by atoms with van der Waals surface area (Å²) < 4.78 is 9.96. The number of amides is 1. The lowest BCUT2D eigenvalue weighted by molar-refractivity contribution is -0.140. The lowest BCUT2D eigenvalue weighted by Gasteiger charge is -2.22. The Labute approximate surface area is 162 Å². The highest BCUT2D eigenvalue weighted by atomic mass is 16.5. The summed E-state index contributed by atoms with van der Waals surface area (Å²) in [5.74, 6) is -0.906. The first-order valence-corrected chi connectivity index (χ1v) is 8.92. The number of para-hydroxylation sites is 1. The van der Waals surface area contributed by atoms with Crippen LogP contribution in [0.2, 0.25) is 0 Å². The third kappa shape index (κ3) is 4.46. The van der Waals surface area contributed by atoms with Gasteiger partial charge in [-0.05, 0) is 24.6 Å². The molecule has 3 rings (SSSR count). The van der Waals surface area contributed by atoms with Crippen LogP contribution in [0.3, 0.4) is 0 Å². The van der Waals surface area contributed by atoms with E-state index in [-0.39, 0.29) is 25.1 Å². The Morgan fingerprint density at radius 1 is 1.07 bits per heavy atom. The summed E-state index contributed by atoms with van der Waals surface area (Å²) in [6.07, 6.45) is 0.0347. The molecule has 6 nitrogen and oxygen atoms in total. The molecule has 6 heteroatoms. The van der Waals surface area contributed by atoms with Crippen molar-refractivity contribution in [3.63, 3.8) is 0 Å². The number of hydrogen-bond donors (Lipinski definition) is 0. The predicted octanol–water partition coefficient (Wildman–Crippen LogP) is 3.31.